The third-order valence-electron chi connectivity index (χ3n) is 12.1. The van der Waals surface area contributed by atoms with E-state index in [1.165, 1.54) is 19.8 Å². The number of hydrogen-bond acceptors (Lipinski definition) is 8. The number of nitrogens with zero attached hydrogens (tertiary/aromatic N) is 4. The van der Waals surface area contributed by atoms with E-state index in [-0.39, 0.29) is 41.1 Å². The maximum Gasteiger partial charge on any atom is 0.407 e. The number of nitrogens with one attached hydrogen (secondary N) is 4. The highest BCUT2D eigenvalue weighted by Gasteiger charge is 2.40. The Balaban J connectivity index is 1.06. The van der Waals surface area contributed by atoms with E-state index in [0.717, 1.165) is 80.0 Å². The van der Waals surface area contributed by atoms with Gasteiger partial charge in [0.2, 0.25) is 11.8 Å². The number of likely N-dealkylation sites (tertiary alicyclic amines) is 2. The van der Waals surface area contributed by atoms with Gasteiger partial charge in [-0.15, -0.1) is 0 Å². The molecule has 14 nitrogen and oxygen atoms in total. The first-order valence-corrected chi connectivity index (χ1v) is 19.8. The van der Waals surface area contributed by atoms with Crippen molar-refractivity contribution in [3.63, 3.8) is 0 Å². The monoisotopic (exact) mass is 758 g/mol. The van der Waals surface area contributed by atoms with Gasteiger partial charge in [0.05, 0.1) is 38.2 Å². The lowest BCUT2D eigenvalue weighted by atomic mass is 9.68. The van der Waals surface area contributed by atoms with Crippen LogP contribution in [0.25, 0.3) is 11.3 Å². The van der Waals surface area contributed by atoms with Crippen LogP contribution in [0.3, 0.4) is 0 Å². The molecule has 0 unspecified atom stereocenters. The van der Waals surface area contributed by atoms with Crippen LogP contribution in [0.1, 0.15) is 127 Å². The molecule has 2 saturated heterocycles. The van der Waals surface area contributed by atoms with Crippen molar-refractivity contribution in [1.82, 2.24) is 40.4 Å². The minimum absolute atomic E-state index is 0.0472. The fourth-order valence-electron chi connectivity index (χ4n) is 8.64. The van der Waals surface area contributed by atoms with Crippen molar-refractivity contribution in [1.29, 1.82) is 0 Å². The van der Waals surface area contributed by atoms with Gasteiger partial charge in [-0.3, -0.25) is 9.59 Å². The summed E-state index contributed by atoms with van der Waals surface area (Å²) in [7, 11) is 2.60. The van der Waals surface area contributed by atoms with Crippen LogP contribution in [-0.2, 0) is 24.5 Å². The van der Waals surface area contributed by atoms with Gasteiger partial charge in [-0.2, -0.15) is 0 Å². The molecule has 298 valence electrons. The van der Waals surface area contributed by atoms with Crippen LogP contribution in [0.15, 0.2) is 36.7 Å². The maximum absolute atomic E-state index is 13.6. The van der Waals surface area contributed by atoms with Crippen LogP contribution in [0.2, 0.25) is 0 Å². The SMILES string of the molecule is COC(=O)N[C@H](C(=O)N1CCC[C@H]1c1ncc(-c2ccc([C@H]3CC[C@](C)(c4cnc([C@@H]5CCCN5C(=O)[C@@H](NC(=O)OC)C(C)C)[nH]4)CC3)cc2)[nH]1)C(C)C. The highest BCUT2D eigenvalue weighted by atomic mass is 16.5. The number of carbonyl (C=O) groups excluding carboxylic acids is 4. The molecule has 4 amide bonds. The van der Waals surface area contributed by atoms with E-state index in [0.29, 0.717) is 19.0 Å². The zero-order valence-corrected chi connectivity index (χ0v) is 33.3. The van der Waals surface area contributed by atoms with Gasteiger partial charge in [0.1, 0.15) is 23.7 Å². The van der Waals surface area contributed by atoms with E-state index in [9.17, 15) is 19.2 Å². The topological polar surface area (TPSA) is 175 Å². The van der Waals surface area contributed by atoms with Gasteiger partial charge in [0, 0.05) is 30.4 Å². The number of alkyl carbamates (subject to hydrolysis) is 2. The summed E-state index contributed by atoms with van der Waals surface area (Å²) in [6.45, 7) is 11.2. The van der Waals surface area contributed by atoms with Crippen molar-refractivity contribution in [3.05, 3.63) is 59.6 Å². The van der Waals surface area contributed by atoms with E-state index in [1.54, 1.807) is 0 Å². The first kappa shape index (κ1) is 39.8. The molecule has 3 aliphatic rings. The zero-order chi connectivity index (χ0) is 39.4. The highest BCUT2D eigenvalue weighted by Crippen LogP contribution is 2.45. The zero-order valence-electron chi connectivity index (χ0n) is 33.3. The Kier molecular flexibility index (Phi) is 12.2. The molecule has 4 heterocycles. The smallest absolute Gasteiger partial charge is 0.407 e. The van der Waals surface area contributed by atoms with Gasteiger partial charge in [0.15, 0.2) is 0 Å². The molecule has 14 heteroatoms. The van der Waals surface area contributed by atoms with Crippen LogP contribution in [-0.4, -0.2) is 93.1 Å². The van der Waals surface area contributed by atoms with Gasteiger partial charge in [-0.1, -0.05) is 58.9 Å². The summed E-state index contributed by atoms with van der Waals surface area (Å²) >= 11 is 0. The fraction of sp³-hybridized carbons (Fsp3) is 0.610. The summed E-state index contributed by atoms with van der Waals surface area (Å²) in [5, 5.41) is 5.43. The highest BCUT2D eigenvalue weighted by molar-refractivity contribution is 5.87. The average Bonchev–Trinajstić information content (AvgIpc) is 4.02. The molecule has 4 atom stereocenters. The molecule has 3 aromatic rings. The van der Waals surface area contributed by atoms with Crippen LogP contribution in [0, 0.1) is 11.8 Å². The number of amides is 4. The second-order valence-electron chi connectivity index (χ2n) is 16.4. The molecule has 2 aliphatic heterocycles. The minimum atomic E-state index is -0.674. The Morgan fingerprint density at radius 1 is 0.745 bits per heavy atom. The van der Waals surface area contributed by atoms with Crippen LogP contribution >= 0.6 is 0 Å². The summed E-state index contributed by atoms with van der Waals surface area (Å²) in [6, 6.07) is 7.06. The van der Waals surface area contributed by atoms with E-state index in [4.69, 9.17) is 19.4 Å². The standard InChI is InChI=1S/C41H58N8O6/c1-24(2)33(46-39(52)54-6)37(50)48-20-8-10-30(48)35-42-22-29(44-35)28-14-12-26(13-15-28)27-16-18-41(5,19-17-27)32-23-43-36(45-32)31-11-9-21-49(31)38(51)34(25(3)4)47-40(53)55-7/h12-15,22-25,27,30-31,33-34H,8-11,16-21H2,1-7H3,(H,42,44)(H,43,45)(H,46,52)(H,47,53)/t27-,30-,31-,33-,34-,41-/m0/s1. The third kappa shape index (κ3) is 8.52. The predicted molar refractivity (Wildman–Crippen MR) is 207 cm³/mol. The molecule has 0 radical (unpaired) electrons. The largest absolute Gasteiger partial charge is 0.453 e. The minimum Gasteiger partial charge on any atom is -0.453 e. The number of aromatic nitrogens is 4. The number of imidazole rings is 2. The van der Waals surface area contributed by atoms with E-state index < -0.39 is 24.3 Å². The van der Waals surface area contributed by atoms with E-state index in [1.807, 2.05) is 49.9 Å². The van der Waals surface area contributed by atoms with Gasteiger partial charge in [0.25, 0.3) is 0 Å². The van der Waals surface area contributed by atoms with Crippen molar-refractivity contribution < 1.29 is 28.7 Å². The number of aromatic amines is 2. The molecule has 3 fully saturated rings. The van der Waals surface area contributed by atoms with Crippen molar-refractivity contribution in [3.8, 4) is 11.3 Å². The molecular weight excluding hydrogens is 701 g/mol. The summed E-state index contributed by atoms with van der Waals surface area (Å²) in [6.07, 6.45) is 10.1. The number of benzene rings is 1. The van der Waals surface area contributed by atoms with Crippen molar-refractivity contribution >= 4 is 24.0 Å². The molecule has 55 heavy (non-hydrogen) atoms. The van der Waals surface area contributed by atoms with Crippen molar-refractivity contribution in [2.75, 3.05) is 27.3 Å². The average molecular weight is 759 g/mol. The molecule has 1 aromatic carbocycles. The fourth-order valence-corrected chi connectivity index (χ4v) is 8.64. The maximum atomic E-state index is 13.6. The van der Waals surface area contributed by atoms with Gasteiger partial charge in [-0.25, -0.2) is 19.6 Å². The lowest BCUT2D eigenvalue weighted by Gasteiger charge is -2.37. The van der Waals surface area contributed by atoms with Crippen LogP contribution in [0.5, 0.6) is 0 Å². The first-order valence-electron chi connectivity index (χ1n) is 19.8. The molecule has 4 N–H and O–H groups in total. The molecule has 1 aliphatic carbocycles. The Morgan fingerprint density at radius 3 is 1.73 bits per heavy atom. The molecule has 1 saturated carbocycles. The van der Waals surface area contributed by atoms with Crippen molar-refractivity contribution in [2.24, 2.45) is 11.8 Å². The molecule has 0 bridgehead atoms. The molecule has 6 rings (SSSR count). The van der Waals surface area contributed by atoms with Gasteiger partial charge < -0.3 is 39.9 Å². The number of carbonyl (C=O) groups is 4. The van der Waals surface area contributed by atoms with Crippen LogP contribution < -0.4 is 10.6 Å². The number of ether oxygens (including phenoxy) is 2. The Hall–Kier alpha value is -4.88. The first-order chi connectivity index (χ1) is 26.3. The molecule has 0 spiro atoms. The van der Waals surface area contributed by atoms with Crippen molar-refractivity contribution in [2.45, 2.75) is 121 Å². The summed E-state index contributed by atoms with van der Waals surface area (Å²) in [5.41, 5.74) is 4.33. The Bertz CT molecular complexity index is 1810. The number of H-pyrrole nitrogens is 2. The Labute approximate surface area is 323 Å². The lowest BCUT2D eigenvalue weighted by Crippen LogP contribution is -2.51. The molecule has 2 aromatic heterocycles. The summed E-state index contributed by atoms with van der Waals surface area (Å²) in [4.78, 5) is 71.4. The number of rotatable bonds is 11. The van der Waals surface area contributed by atoms with Gasteiger partial charge >= 0.3 is 12.2 Å². The Morgan fingerprint density at radius 2 is 1.24 bits per heavy atom. The van der Waals surface area contributed by atoms with E-state index in [2.05, 4.69) is 51.8 Å². The summed E-state index contributed by atoms with van der Waals surface area (Å²) in [5.74, 6) is 1.60. The quantitative estimate of drug-likeness (QED) is 0.171. The third-order valence-corrected chi connectivity index (χ3v) is 12.1. The number of methoxy groups -OCH3 is 2. The predicted octanol–water partition coefficient (Wildman–Crippen LogP) is 6.50. The lowest BCUT2D eigenvalue weighted by molar-refractivity contribution is -0.136. The second kappa shape index (κ2) is 16.9. The molecular formula is C41H58N8O6. The number of hydrogen-bond donors (Lipinski definition) is 4. The summed E-state index contributed by atoms with van der Waals surface area (Å²) < 4.78 is 9.54. The van der Waals surface area contributed by atoms with E-state index >= 15 is 0 Å². The van der Waals surface area contributed by atoms with Crippen LogP contribution in [0.4, 0.5) is 9.59 Å². The second-order valence-corrected chi connectivity index (χ2v) is 16.4. The van der Waals surface area contributed by atoms with Gasteiger partial charge in [-0.05, 0) is 80.2 Å². The normalized spacial score (nSPS) is 23.8.